The van der Waals surface area contributed by atoms with Gasteiger partial charge in [-0.15, -0.1) is 0 Å². The zero-order valence-corrected chi connectivity index (χ0v) is 17.5. The van der Waals surface area contributed by atoms with E-state index in [0.29, 0.717) is 28.0 Å². The van der Waals surface area contributed by atoms with E-state index < -0.39 is 5.97 Å². The molecule has 0 aliphatic carbocycles. The summed E-state index contributed by atoms with van der Waals surface area (Å²) >= 11 is 0. The van der Waals surface area contributed by atoms with Gasteiger partial charge in [0.2, 0.25) is 0 Å². The predicted molar refractivity (Wildman–Crippen MR) is 121 cm³/mol. The molecule has 156 valence electrons. The van der Waals surface area contributed by atoms with Gasteiger partial charge in [-0.25, -0.2) is 4.79 Å². The first kappa shape index (κ1) is 20.3. The molecular weight excluding hydrogens is 392 g/mol. The highest BCUT2D eigenvalue weighted by Crippen LogP contribution is 2.32. The van der Waals surface area contributed by atoms with E-state index >= 15 is 0 Å². The number of carboxylic acid groups (broad SMARTS) is 1. The summed E-state index contributed by atoms with van der Waals surface area (Å²) in [4.78, 5) is 28.9. The van der Waals surface area contributed by atoms with Crippen molar-refractivity contribution in [1.82, 2.24) is 4.98 Å². The molecule has 0 spiro atoms. The Labute approximate surface area is 179 Å². The fourth-order valence-electron chi connectivity index (χ4n) is 3.77. The lowest BCUT2D eigenvalue weighted by atomic mass is 9.99. The Kier molecular flexibility index (Phi) is 5.29. The SMILES string of the molecule is Cc1cc([C@@H](C)Nc2ccccc2C(=O)O)c2oc(-c3cccnc3)c(C)c(=O)c2c1. The number of anilines is 1. The lowest BCUT2D eigenvalue weighted by Crippen LogP contribution is -2.14. The Morgan fingerprint density at radius 1 is 1.13 bits per heavy atom. The Balaban J connectivity index is 1.89. The number of aromatic nitrogens is 1. The van der Waals surface area contributed by atoms with Gasteiger partial charge in [-0.1, -0.05) is 18.2 Å². The third-order valence-corrected chi connectivity index (χ3v) is 5.31. The molecule has 6 heteroatoms. The van der Waals surface area contributed by atoms with Crippen molar-refractivity contribution in [3.8, 4) is 11.3 Å². The van der Waals surface area contributed by atoms with Crippen LogP contribution in [0.15, 0.2) is 70.1 Å². The molecular formula is C25H22N2O4. The van der Waals surface area contributed by atoms with Crippen molar-refractivity contribution >= 4 is 22.6 Å². The Bertz CT molecular complexity index is 1340. The molecule has 6 nitrogen and oxygen atoms in total. The fourth-order valence-corrected chi connectivity index (χ4v) is 3.77. The van der Waals surface area contributed by atoms with Crippen LogP contribution in [0.3, 0.4) is 0 Å². The first-order chi connectivity index (χ1) is 14.9. The molecule has 0 saturated carbocycles. The molecule has 31 heavy (non-hydrogen) atoms. The van der Waals surface area contributed by atoms with Gasteiger partial charge in [0.05, 0.1) is 17.0 Å². The molecule has 2 heterocycles. The summed E-state index contributed by atoms with van der Waals surface area (Å²) in [6.45, 7) is 5.58. The number of hydrogen-bond acceptors (Lipinski definition) is 5. The number of nitrogens with one attached hydrogen (secondary N) is 1. The number of benzene rings is 2. The molecule has 0 unspecified atom stereocenters. The van der Waals surface area contributed by atoms with Crippen molar-refractivity contribution < 1.29 is 14.3 Å². The maximum Gasteiger partial charge on any atom is 0.337 e. The molecule has 0 saturated heterocycles. The fraction of sp³-hybridized carbons (Fsp3) is 0.160. The van der Waals surface area contributed by atoms with Crippen molar-refractivity contribution in [3.05, 3.63) is 93.4 Å². The van der Waals surface area contributed by atoms with Gasteiger partial charge >= 0.3 is 5.97 Å². The van der Waals surface area contributed by atoms with Gasteiger partial charge in [-0.2, -0.15) is 0 Å². The minimum Gasteiger partial charge on any atom is -0.478 e. The number of aryl methyl sites for hydroxylation is 1. The van der Waals surface area contributed by atoms with Gasteiger partial charge in [0, 0.05) is 34.8 Å². The first-order valence-electron chi connectivity index (χ1n) is 9.94. The normalized spacial score (nSPS) is 12.0. The second-order valence-corrected chi connectivity index (χ2v) is 7.57. The summed E-state index contributed by atoms with van der Waals surface area (Å²) in [5, 5.41) is 13.3. The molecule has 2 aromatic heterocycles. The number of aromatic carboxylic acids is 1. The number of carbonyl (C=O) groups is 1. The van der Waals surface area contributed by atoms with Crippen LogP contribution < -0.4 is 10.7 Å². The van der Waals surface area contributed by atoms with E-state index in [-0.39, 0.29) is 17.0 Å². The molecule has 0 radical (unpaired) electrons. The van der Waals surface area contributed by atoms with Crippen LogP contribution in [-0.4, -0.2) is 16.1 Å². The van der Waals surface area contributed by atoms with E-state index in [1.54, 1.807) is 49.6 Å². The second kappa shape index (κ2) is 8.07. The minimum absolute atomic E-state index is 0.0943. The van der Waals surface area contributed by atoms with Crippen LogP contribution in [0.4, 0.5) is 5.69 Å². The predicted octanol–water partition coefficient (Wildman–Crippen LogP) is 5.34. The molecule has 1 atom stereocenters. The number of rotatable bonds is 5. The van der Waals surface area contributed by atoms with Crippen molar-refractivity contribution in [3.63, 3.8) is 0 Å². The number of fused-ring (bicyclic) bond motifs is 1. The monoisotopic (exact) mass is 414 g/mol. The molecule has 2 N–H and O–H groups in total. The third-order valence-electron chi connectivity index (χ3n) is 5.31. The zero-order valence-electron chi connectivity index (χ0n) is 17.5. The molecule has 4 aromatic rings. The van der Waals surface area contributed by atoms with Crippen LogP contribution in [0.2, 0.25) is 0 Å². The lowest BCUT2D eigenvalue weighted by Gasteiger charge is -2.20. The summed E-state index contributed by atoms with van der Waals surface area (Å²) in [6, 6.07) is 13.8. The average Bonchev–Trinajstić information content (AvgIpc) is 2.77. The molecule has 0 amide bonds. The highest BCUT2D eigenvalue weighted by Gasteiger charge is 2.20. The topological polar surface area (TPSA) is 92.4 Å². The quantitative estimate of drug-likeness (QED) is 0.458. The van der Waals surface area contributed by atoms with E-state index in [0.717, 1.165) is 16.7 Å². The molecule has 4 rings (SSSR count). The number of hydrogen-bond donors (Lipinski definition) is 2. The number of para-hydroxylation sites is 1. The van der Waals surface area contributed by atoms with E-state index in [1.807, 2.05) is 32.0 Å². The van der Waals surface area contributed by atoms with E-state index in [4.69, 9.17) is 4.42 Å². The summed E-state index contributed by atoms with van der Waals surface area (Å²) in [7, 11) is 0. The van der Waals surface area contributed by atoms with E-state index in [1.165, 1.54) is 0 Å². The van der Waals surface area contributed by atoms with Gasteiger partial charge in [0.15, 0.2) is 5.43 Å². The number of pyridine rings is 1. The van der Waals surface area contributed by atoms with Gasteiger partial charge < -0.3 is 14.8 Å². The summed E-state index contributed by atoms with van der Waals surface area (Å²) in [5.74, 6) is -0.528. The zero-order chi connectivity index (χ0) is 22.1. The Hall–Kier alpha value is -3.93. The number of nitrogens with zero attached hydrogens (tertiary/aromatic N) is 1. The van der Waals surface area contributed by atoms with Crippen LogP contribution in [0.25, 0.3) is 22.3 Å². The first-order valence-corrected chi connectivity index (χ1v) is 9.94. The Morgan fingerprint density at radius 2 is 1.90 bits per heavy atom. The van der Waals surface area contributed by atoms with Gasteiger partial charge in [-0.3, -0.25) is 9.78 Å². The molecule has 0 aliphatic heterocycles. The summed E-state index contributed by atoms with van der Waals surface area (Å²) in [6.07, 6.45) is 3.33. The van der Waals surface area contributed by atoms with Gasteiger partial charge in [-0.05, 0) is 56.7 Å². The highest BCUT2D eigenvalue weighted by atomic mass is 16.4. The van der Waals surface area contributed by atoms with Crippen LogP contribution in [0, 0.1) is 13.8 Å². The van der Waals surface area contributed by atoms with E-state index in [2.05, 4.69) is 10.3 Å². The van der Waals surface area contributed by atoms with Crippen LogP contribution in [0.5, 0.6) is 0 Å². The maximum atomic E-state index is 13.2. The second-order valence-electron chi connectivity index (χ2n) is 7.57. The Morgan fingerprint density at radius 3 is 2.61 bits per heavy atom. The van der Waals surface area contributed by atoms with Crippen molar-refractivity contribution in [2.45, 2.75) is 26.8 Å². The molecule has 0 aliphatic rings. The number of carboxylic acids is 1. The van der Waals surface area contributed by atoms with Crippen molar-refractivity contribution in [2.24, 2.45) is 0 Å². The van der Waals surface area contributed by atoms with Crippen molar-refractivity contribution in [2.75, 3.05) is 5.32 Å². The van der Waals surface area contributed by atoms with Crippen molar-refractivity contribution in [1.29, 1.82) is 0 Å². The standard InChI is InChI=1S/C25H22N2O4/c1-14-11-19(16(3)27-21-9-5-4-8-18(21)25(29)30)24-20(12-14)22(28)15(2)23(31-24)17-7-6-10-26-13-17/h4-13,16,27H,1-3H3,(H,29,30)/t16-/m1/s1. The largest absolute Gasteiger partial charge is 0.478 e. The highest BCUT2D eigenvalue weighted by molar-refractivity contribution is 5.94. The van der Waals surface area contributed by atoms with Crippen LogP contribution in [0.1, 0.15) is 40.0 Å². The third kappa shape index (κ3) is 3.80. The smallest absolute Gasteiger partial charge is 0.337 e. The van der Waals surface area contributed by atoms with Crippen LogP contribution >= 0.6 is 0 Å². The summed E-state index contributed by atoms with van der Waals surface area (Å²) in [5.41, 5.74) is 4.01. The minimum atomic E-state index is -1.01. The average molecular weight is 414 g/mol. The maximum absolute atomic E-state index is 13.2. The van der Waals surface area contributed by atoms with Crippen LogP contribution in [-0.2, 0) is 0 Å². The van der Waals surface area contributed by atoms with Gasteiger partial charge in [0.1, 0.15) is 11.3 Å². The summed E-state index contributed by atoms with van der Waals surface area (Å²) < 4.78 is 6.29. The van der Waals surface area contributed by atoms with E-state index in [9.17, 15) is 14.7 Å². The molecule has 0 fully saturated rings. The van der Waals surface area contributed by atoms with Gasteiger partial charge in [0.25, 0.3) is 0 Å². The molecule has 2 aromatic carbocycles. The molecule has 0 bridgehead atoms. The lowest BCUT2D eigenvalue weighted by molar-refractivity contribution is 0.0698.